The third-order valence-corrected chi connectivity index (χ3v) is 3.86. The van der Waals surface area contributed by atoms with Crippen LogP contribution in [0, 0.1) is 5.82 Å². The second-order valence-electron chi connectivity index (χ2n) is 4.31. The molecule has 2 aromatic carbocycles. The van der Waals surface area contributed by atoms with Crippen LogP contribution in [0.5, 0.6) is 11.5 Å². The molecule has 112 valence electrons. The van der Waals surface area contributed by atoms with Crippen molar-refractivity contribution in [2.75, 3.05) is 13.7 Å². The average Bonchev–Trinajstić information content (AvgIpc) is 2.50. The first kappa shape index (κ1) is 16.1. The van der Waals surface area contributed by atoms with Gasteiger partial charge in [0.2, 0.25) is 0 Å². The van der Waals surface area contributed by atoms with Gasteiger partial charge in [-0.05, 0) is 39.7 Å². The molecule has 2 aromatic rings. The molecule has 0 amide bonds. The summed E-state index contributed by atoms with van der Waals surface area (Å²) >= 11 is 9.00. The van der Waals surface area contributed by atoms with Gasteiger partial charge in [0.25, 0.3) is 0 Å². The second-order valence-corrected chi connectivity index (χ2v) is 5.57. The molecule has 0 saturated carbocycles. The van der Waals surface area contributed by atoms with Gasteiger partial charge >= 0.3 is 0 Å². The molecule has 2 rings (SSSR count). The molecule has 1 unspecified atom stereocenters. The van der Waals surface area contributed by atoms with Crippen LogP contribution in [0.15, 0.2) is 40.9 Å². The van der Waals surface area contributed by atoms with E-state index in [1.54, 1.807) is 7.11 Å². The fourth-order valence-corrected chi connectivity index (χ4v) is 2.55. The Morgan fingerprint density at radius 1 is 1.29 bits per heavy atom. The molecule has 1 atom stereocenters. The molecule has 21 heavy (non-hydrogen) atoms. The van der Waals surface area contributed by atoms with E-state index in [-0.39, 0.29) is 11.6 Å². The van der Waals surface area contributed by atoms with Gasteiger partial charge in [-0.3, -0.25) is 0 Å². The Bertz CT molecular complexity index is 622. The monoisotopic (exact) mass is 373 g/mol. The predicted molar refractivity (Wildman–Crippen MR) is 84.5 cm³/mol. The fourth-order valence-electron chi connectivity index (χ4n) is 1.82. The summed E-state index contributed by atoms with van der Waals surface area (Å²) in [5, 5.41) is 0.0305. The largest absolute Gasteiger partial charge is 0.497 e. The Morgan fingerprint density at radius 2 is 1.95 bits per heavy atom. The minimum Gasteiger partial charge on any atom is -0.497 e. The topological polar surface area (TPSA) is 44.5 Å². The molecule has 0 aliphatic carbocycles. The fraction of sp³-hybridized carbons (Fsp3) is 0.200. The van der Waals surface area contributed by atoms with Crippen LogP contribution >= 0.6 is 27.5 Å². The summed E-state index contributed by atoms with van der Waals surface area (Å²) in [7, 11) is 1.60. The third kappa shape index (κ3) is 3.87. The Labute approximate surface area is 135 Å². The Balaban J connectivity index is 2.24. The lowest BCUT2D eigenvalue weighted by Crippen LogP contribution is -2.18. The minimum absolute atomic E-state index is 0.0305. The lowest BCUT2D eigenvalue weighted by molar-refractivity contribution is 0.212. The van der Waals surface area contributed by atoms with E-state index in [4.69, 9.17) is 26.8 Å². The molecule has 0 aliphatic heterocycles. The summed E-state index contributed by atoms with van der Waals surface area (Å²) in [6.45, 7) is 0.253. The highest BCUT2D eigenvalue weighted by Crippen LogP contribution is 2.33. The highest BCUT2D eigenvalue weighted by molar-refractivity contribution is 9.10. The molecule has 0 bridgehead atoms. The molecule has 0 fully saturated rings. The van der Waals surface area contributed by atoms with Crippen molar-refractivity contribution < 1.29 is 13.9 Å². The zero-order valence-corrected chi connectivity index (χ0v) is 13.6. The number of hydrogen-bond donors (Lipinski definition) is 1. The number of hydrogen-bond acceptors (Lipinski definition) is 3. The van der Waals surface area contributed by atoms with E-state index in [9.17, 15) is 4.39 Å². The molecule has 0 saturated heterocycles. The van der Waals surface area contributed by atoms with Crippen LogP contribution in [0.3, 0.4) is 0 Å². The lowest BCUT2D eigenvalue weighted by Gasteiger charge is -2.19. The van der Waals surface area contributed by atoms with Gasteiger partial charge < -0.3 is 15.2 Å². The molecule has 0 radical (unpaired) electrons. The van der Waals surface area contributed by atoms with Crippen LogP contribution in [0.1, 0.15) is 11.7 Å². The van der Waals surface area contributed by atoms with E-state index in [2.05, 4.69) is 15.9 Å². The highest BCUT2D eigenvalue weighted by atomic mass is 79.9. The summed E-state index contributed by atoms with van der Waals surface area (Å²) in [4.78, 5) is 0. The van der Waals surface area contributed by atoms with Crippen LogP contribution in [-0.2, 0) is 0 Å². The molecule has 2 N–H and O–H groups in total. The number of nitrogens with two attached hydrogens (primary N) is 1. The van der Waals surface area contributed by atoms with E-state index in [0.717, 1.165) is 11.3 Å². The van der Waals surface area contributed by atoms with Crippen molar-refractivity contribution in [3.63, 3.8) is 0 Å². The normalized spacial score (nSPS) is 12.0. The zero-order chi connectivity index (χ0) is 15.4. The molecule has 0 aliphatic rings. The first-order valence-electron chi connectivity index (χ1n) is 6.20. The lowest BCUT2D eigenvalue weighted by atomic mass is 10.1. The molecule has 0 aromatic heterocycles. The van der Waals surface area contributed by atoms with Crippen molar-refractivity contribution in [2.24, 2.45) is 5.73 Å². The molecule has 0 spiro atoms. The average molecular weight is 375 g/mol. The minimum atomic E-state index is -0.541. The summed E-state index contributed by atoms with van der Waals surface area (Å²) in [6.07, 6.45) is -0.396. The van der Waals surface area contributed by atoms with Crippen LogP contribution in [0.4, 0.5) is 4.39 Å². The molecule has 3 nitrogen and oxygen atoms in total. The third-order valence-electron chi connectivity index (χ3n) is 2.95. The SMILES string of the molecule is COc1ccc(C(CN)Oc2cc(F)c(Cl)cc2Br)cc1. The molecular formula is C15H14BrClFNO2. The van der Waals surface area contributed by atoms with Crippen LogP contribution < -0.4 is 15.2 Å². The molecule has 6 heteroatoms. The van der Waals surface area contributed by atoms with Gasteiger partial charge in [-0.25, -0.2) is 4.39 Å². The Hall–Kier alpha value is -1.30. The van der Waals surface area contributed by atoms with Crippen molar-refractivity contribution in [3.05, 3.63) is 57.3 Å². The number of methoxy groups -OCH3 is 1. The maximum absolute atomic E-state index is 13.5. The van der Waals surface area contributed by atoms with Gasteiger partial charge in [0.15, 0.2) is 0 Å². The number of halogens is 3. The van der Waals surface area contributed by atoms with E-state index in [0.29, 0.717) is 10.2 Å². The summed E-state index contributed by atoms with van der Waals surface area (Å²) in [6, 6.07) is 10.0. The standard InChI is InChI=1S/C15H14BrClFNO2/c1-20-10-4-2-9(3-5-10)15(8-19)21-14-7-13(18)12(17)6-11(14)16/h2-7,15H,8,19H2,1H3. The summed E-state index contributed by atoms with van der Waals surface area (Å²) in [5.41, 5.74) is 6.63. The van der Waals surface area contributed by atoms with E-state index < -0.39 is 11.9 Å². The second kappa shape index (κ2) is 7.11. The summed E-state index contributed by atoms with van der Waals surface area (Å²) in [5.74, 6) is 0.553. The van der Waals surface area contributed by atoms with E-state index in [1.165, 1.54) is 12.1 Å². The Morgan fingerprint density at radius 3 is 2.52 bits per heavy atom. The zero-order valence-electron chi connectivity index (χ0n) is 11.3. The van der Waals surface area contributed by atoms with Gasteiger partial charge in [-0.1, -0.05) is 23.7 Å². The van der Waals surface area contributed by atoms with Crippen molar-refractivity contribution in [2.45, 2.75) is 6.10 Å². The van der Waals surface area contributed by atoms with Crippen molar-refractivity contribution >= 4 is 27.5 Å². The summed E-state index contributed by atoms with van der Waals surface area (Å²) < 4.78 is 25.0. The highest BCUT2D eigenvalue weighted by Gasteiger charge is 2.15. The maximum Gasteiger partial charge on any atom is 0.145 e. The van der Waals surface area contributed by atoms with E-state index >= 15 is 0 Å². The predicted octanol–water partition coefficient (Wildman–Crippen LogP) is 4.33. The van der Waals surface area contributed by atoms with Crippen molar-refractivity contribution in [1.82, 2.24) is 0 Å². The first-order valence-corrected chi connectivity index (χ1v) is 7.37. The van der Waals surface area contributed by atoms with Gasteiger partial charge in [0.1, 0.15) is 23.4 Å². The smallest absolute Gasteiger partial charge is 0.145 e. The molecular weight excluding hydrogens is 361 g/mol. The molecule has 0 heterocycles. The van der Waals surface area contributed by atoms with Gasteiger partial charge in [-0.2, -0.15) is 0 Å². The number of ether oxygens (including phenoxy) is 2. The van der Waals surface area contributed by atoms with Gasteiger partial charge in [-0.15, -0.1) is 0 Å². The van der Waals surface area contributed by atoms with Crippen LogP contribution in [-0.4, -0.2) is 13.7 Å². The van der Waals surface area contributed by atoms with Gasteiger partial charge in [0, 0.05) is 12.6 Å². The number of rotatable bonds is 5. The van der Waals surface area contributed by atoms with E-state index in [1.807, 2.05) is 24.3 Å². The first-order chi connectivity index (χ1) is 10.0. The quantitative estimate of drug-likeness (QED) is 0.792. The van der Waals surface area contributed by atoms with Crippen LogP contribution in [0.2, 0.25) is 5.02 Å². The van der Waals surface area contributed by atoms with Gasteiger partial charge in [0.05, 0.1) is 16.6 Å². The van der Waals surface area contributed by atoms with Crippen LogP contribution in [0.25, 0.3) is 0 Å². The van der Waals surface area contributed by atoms with Crippen molar-refractivity contribution in [1.29, 1.82) is 0 Å². The van der Waals surface area contributed by atoms with Crippen molar-refractivity contribution in [3.8, 4) is 11.5 Å². The Kier molecular flexibility index (Phi) is 5.45. The number of benzene rings is 2. The maximum atomic E-state index is 13.5.